The highest BCUT2D eigenvalue weighted by molar-refractivity contribution is 5.94. The van der Waals surface area contributed by atoms with Crippen molar-refractivity contribution >= 4 is 44.4 Å². The minimum Gasteiger partial charge on any atom is -0.355 e. The van der Waals surface area contributed by atoms with Crippen LogP contribution in [0.3, 0.4) is 0 Å². The molecule has 0 fully saturated rings. The Morgan fingerprint density at radius 3 is 1.03 bits per heavy atom. The Kier molecular flexibility index (Phi) is 4.52. The Morgan fingerprint density at radius 1 is 0.406 bits per heavy atom. The summed E-state index contributed by atoms with van der Waals surface area (Å²) in [7, 11) is 0. The van der Waals surface area contributed by atoms with Crippen LogP contribution in [0, 0.1) is 27.7 Å². The fourth-order valence-corrected chi connectivity index (χ4v) is 4.52. The molecule has 0 radical (unpaired) electrons. The van der Waals surface area contributed by atoms with Gasteiger partial charge in [-0.25, -0.2) is 9.97 Å². The molecule has 0 unspecified atom stereocenters. The maximum Gasteiger partial charge on any atom is 0.0691 e. The number of nitrogens with one attached hydrogen (secondary N) is 2. The summed E-state index contributed by atoms with van der Waals surface area (Å²) in [5.74, 6) is 0. The van der Waals surface area contributed by atoms with E-state index in [1.54, 1.807) is 0 Å². The summed E-state index contributed by atoms with van der Waals surface area (Å²) in [4.78, 5) is 17.3. The maximum absolute atomic E-state index is 4.99. The zero-order valence-corrected chi connectivity index (χ0v) is 20.2. The smallest absolute Gasteiger partial charge is 0.0691 e. The standard InChI is InChI=1S/C28H30N4/c1-13-14(2)22-10-24-17(5)18(6)26(31-24)12-28-20(8)19(7)27(32-28)11-25-16(4)15(3)23(30-25)9-21(13)29-22/h9-12,29-30H,1-8H3/i29+1,30+1,31+1,32+1. The molecule has 0 spiro atoms. The lowest BCUT2D eigenvalue weighted by Gasteiger charge is -1.96. The second kappa shape index (κ2) is 7.06. The molecule has 5 rings (SSSR count). The van der Waals surface area contributed by atoms with Crippen LogP contribution in [0.5, 0.6) is 0 Å². The molecule has 3 aromatic heterocycles. The van der Waals surface area contributed by atoms with Gasteiger partial charge in [0.25, 0.3) is 0 Å². The third-order valence-corrected chi connectivity index (χ3v) is 7.55. The number of H-pyrrole nitrogens is 2. The van der Waals surface area contributed by atoms with Crippen LogP contribution in [0.4, 0.5) is 0 Å². The van der Waals surface area contributed by atoms with E-state index in [9.17, 15) is 0 Å². The van der Waals surface area contributed by atoms with E-state index >= 15 is 0 Å². The highest BCUT2D eigenvalue weighted by atomic mass is 15.5. The van der Waals surface area contributed by atoms with Gasteiger partial charge in [-0.15, -0.1) is 0 Å². The van der Waals surface area contributed by atoms with Gasteiger partial charge in [-0.2, -0.15) is 0 Å². The minimum absolute atomic E-state index is 0.995. The van der Waals surface area contributed by atoms with Crippen LogP contribution in [0.2, 0.25) is 0 Å². The zero-order valence-electron chi connectivity index (χ0n) is 20.2. The van der Waals surface area contributed by atoms with Gasteiger partial charge in [0.15, 0.2) is 0 Å². The first kappa shape index (κ1) is 20.5. The van der Waals surface area contributed by atoms with Crippen molar-refractivity contribution < 1.29 is 0 Å². The van der Waals surface area contributed by atoms with Crippen molar-refractivity contribution in [3.63, 3.8) is 0 Å². The van der Waals surface area contributed by atoms with E-state index in [0.29, 0.717) is 0 Å². The average molecular weight is 427 g/mol. The topological polar surface area (TPSA) is 57.4 Å². The van der Waals surface area contributed by atoms with Crippen LogP contribution in [-0.4, -0.2) is 19.9 Å². The summed E-state index contributed by atoms with van der Waals surface area (Å²) in [5, 5.41) is 0. The van der Waals surface area contributed by atoms with Crippen molar-refractivity contribution in [3.05, 3.63) is 69.3 Å². The summed E-state index contributed by atoms with van der Waals surface area (Å²) in [6, 6.07) is 8.72. The highest BCUT2D eigenvalue weighted by Crippen LogP contribution is 2.34. The molecule has 0 aliphatic carbocycles. The first-order chi connectivity index (χ1) is 15.2. The van der Waals surface area contributed by atoms with Gasteiger partial charge in [0.1, 0.15) is 0 Å². The van der Waals surface area contributed by atoms with Crippen molar-refractivity contribution in [2.24, 2.45) is 0 Å². The predicted molar refractivity (Wildman–Crippen MR) is 136 cm³/mol. The molecular formula is C28H30N4. The van der Waals surface area contributed by atoms with Crippen molar-refractivity contribution in [2.45, 2.75) is 55.4 Å². The van der Waals surface area contributed by atoms with E-state index in [4.69, 9.17) is 9.97 Å². The Bertz CT molecular complexity index is 1420. The van der Waals surface area contributed by atoms with E-state index in [2.05, 4.69) is 89.6 Å². The summed E-state index contributed by atoms with van der Waals surface area (Å²) in [6.45, 7) is 17.3. The van der Waals surface area contributed by atoms with Crippen LogP contribution >= 0.6 is 0 Å². The fraction of sp³-hybridized carbons (Fsp3) is 0.286. The predicted octanol–water partition coefficient (Wildman–Crippen LogP) is 7.45. The minimum atomic E-state index is 0.995. The SMILES string of the molecule is CC1=C(C)c2cc3[15nH]c(cc4[15nH]c(cc5[15n]c(cc1[15n]2)C(C)=C5C)c(C)c4C)c(C)c3C. The molecule has 2 aliphatic rings. The number of rotatable bonds is 0. The molecule has 32 heavy (non-hydrogen) atoms. The lowest BCUT2D eigenvalue weighted by atomic mass is 10.1. The van der Waals surface area contributed by atoms with Crippen LogP contribution < -0.4 is 0 Å². The number of allylic oxidation sites excluding steroid dienone is 4. The average Bonchev–Trinajstić information content (AvgIpc) is 3.37. The zero-order chi connectivity index (χ0) is 22.9. The van der Waals surface area contributed by atoms with Crippen LogP contribution in [0.15, 0.2) is 24.3 Å². The molecule has 0 amide bonds. The van der Waals surface area contributed by atoms with E-state index in [1.165, 1.54) is 44.5 Å². The Balaban J connectivity index is 1.99. The highest BCUT2D eigenvalue weighted by Gasteiger charge is 2.17. The maximum atomic E-state index is 4.99. The molecule has 0 saturated heterocycles. The molecule has 3 aromatic rings. The number of hydrogen-bond donors (Lipinski definition) is 2. The number of hydrogen-bond acceptors (Lipinski definition) is 2. The first-order valence-electron chi connectivity index (χ1n) is 11.2. The second-order valence-electron chi connectivity index (χ2n) is 9.25. The first-order valence-corrected chi connectivity index (χ1v) is 11.2. The molecular weight excluding hydrogens is 396 g/mol. The number of nitrogens with zero attached hydrogens (tertiary/aromatic N) is 2. The fourth-order valence-electron chi connectivity index (χ4n) is 4.52. The molecule has 0 saturated carbocycles. The van der Waals surface area contributed by atoms with Gasteiger partial charge in [-0.1, -0.05) is 0 Å². The molecule has 8 bridgehead atoms. The lowest BCUT2D eigenvalue weighted by Crippen LogP contribution is -1.82. The van der Waals surface area contributed by atoms with Gasteiger partial charge in [-0.05, 0) is 124 Å². The van der Waals surface area contributed by atoms with Crippen molar-refractivity contribution in [2.75, 3.05) is 0 Å². The second-order valence-corrected chi connectivity index (χ2v) is 9.25. The largest absolute Gasteiger partial charge is 0.355 e. The van der Waals surface area contributed by atoms with E-state index in [-0.39, 0.29) is 0 Å². The van der Waals surface area contributed by atoms with Crippen LogP contribution in [-0.2, 0) is 0 Å². The Labute approximate surface area is 189 Å². The molecule has 4 nitrogen and oxygen atoms in total. The molecule has 2 aliphatic heterocycles. The van der Waals surface area contributed by atoms with Crippen LogP contribution in [0.25, 0.3) is 44.4 Å². The van der Waals surface area contributed by atoms with Gasteiger partial charge in [0.2, 0.25) is 0 Å². The monoisotopic (exact) mass is 426 g/mol. The number of aryl methyl sites for hydroxylation is 4. The van der Waals surface area contributed by atoms with Gasteiger partial charge >= 0.3 is 0 Å². The summed E-state index contributed by atoms with van der Waals surface area (Å²) in [6.07, 6.45) is 0. The van der Waals surface area contributed by atoms with Crippen molar-refractivity contribution in [1.82, 2.24) is 19.9 Å². The van der Waals surface area contributed by atoms with Gasteiger partial charge in [-0.3, -0.25) is 0 Å². The van der Waals surface area contributed by atoms with E-state index in [0.717, 1.165) is 44.8 Å². The van der Waals surface area contributed by atoms with Gasteiger partial charge < -0.3 is 9.97 Å². The Hall–Kier alpha value is -3.40. The van der Waals surface area contributed by atoms with E-state index < -0.39 is 0 Å². The molecule has 162 valence electrons. The molecule has 5 heterocycles. The summed E-state index contributed by atoms with van der Waals surface area (Å²) >= 11 is 0. The molecule has 0 aromatic carbocycles. The van der Waals surface area contributed by atoms with Crippen LogP contribution in [0.1, 0.15) is 72.7 Å². The third kappa shape index (κ3) is 2.97. The molecule has 4 heteroatoms. The Morgan fingerprint density at radius 2 is 0.688 bits per heavy atom. The number of fused-ring (bicyclic) bond motifs is 8. The number of aromatic nitrogens is 4. The summed E-state index contributed by atoms with van der Waals surface area (Å²) in [5.41, 5.74) is 18.4. The lowest BCUT2D eigenvalue weighted by molar-refractivity contribution is 1.25. The van der Waals surface area contributed by atoms with Gasteiger partial charge in [0, 0.05) is 22.1 Å². The normalized spacial score (nSPS) is 14.0. The van der Waals surface area contributed by atoms with E-state index in [1.807, 2.05) is 0 Å². The molecule has 0 atom stereocenters. The molecule has 2 N–H and O–H groups in total. The van der Waals surface area contributed by atoms with Gasteiger partial charge in [0.05, 0.1) is 22.8 Å². The van der Waals surface area contributed by atoms with Crippen molar-refractivity contribution in [1.29, 1.82) is 0 Å². The quantitative estimate of drug-likeness (QED) is 0.392. The number of aromatic amines is 2. The third-order valence-electron chi connectivity index (χ3n) is 7.55. The summed E-state index contributed by atoms with van der Waals surface area (Å²) < 4.78 is 0. The van der Waals surface area contributed by atoms with Crippen molar-refractivity contribution in [3.8, 4) is 0 Å².